The lowest BCUT2D eigenvalue weighted by Gasteiger charge is -2.11. The third-order valence-corrected chi connectivity index (χ3v) is 2.62. The van der Waals surface area contributed by atoms with Crippen molar-refractivity contribution in [2.75, 3.05) is 20.6 Å². The van der Waals surface area contributed by atoms with E-state index in [2.05, 4.69) is 21.8 Å². The molecule has 96 valence electrons. The summed E-state index contributed by atoms with van der Waals surface area (Å²) in [6, 6.07) is 0. The number of aryl methyl sites for hydroxylation is 1. The van der Waals surface area contributed by atoms with E-state index >= 15 is 0 Å². The van der Waals surface area contributed by atoms with Crippen LogP contribution in [-0.4, -0.2) is 41.0 Å². The third-order valence-electron chi connectivity index (χ3n) is 2.62. The lowest BCUT2D eigenvalue weighted by atomic mass is 10.3. The highest BCUT2D eigenvalue weighted by molar-refractivity contribution is 5.75. The molecular weight excluding hydrogens is 216 g/mol. The summed E-state index contributed by atoms with van der Waals surface area (Å²) in [5.74, 6) is 1.21. The first kappa shape index (κ1) is 13.7. The van der Waals surface area contributed by atoms with Gasteiger partial charge < -0.3 is 14.8 Å². The van der Waals surface area contributed by atoms with Crippen LogP contribution < -0.4 is 5.32 Å². The van der Waals surface area contributed by atoms with Gasteiger partial charge in [-0.15, -0.1) is 0 Å². The molecule has 1 heterocycles. The quantitative estimate of drug-likeness (QED) is 0.766. The Morgan fingerprint density at radius 3 is 2.94 bits per heavy atom. The minimum absolute atomic E-state index is 0.179. The molecule has 1 rings (SSSR count). The van der Waals surface area contributed by atoms with E-state index in [4.69, 9.17) is 0 Å². The average Bonchev–Trinajstić information content (AvgIpc) is 2.73. The maximum Gasteiger partial charge on any atom is 0.222 e. The fourth-order valence-corrected chi connectivity index (χ4v) is 1.57. The number of carbonyl (C=O) groups is 1. The van der Waals surface area contributed by atoms with Gasteiger partial charge in [0.15, 0.2) is 0 Å². The Balaban J connectivity index is 2.36. The van der Waals surface area contributed by atoms with Gasteiger partial charge in [0.1, 0.15) is 5.82 Å². The first-order valence-corrected chi connectivity index (χ1v) is 6.06. The van der Waals surface area contributed by atoms with Gasteiger partial charge in [0.05, 0.1) is 6.54 Å². The molecule has 0 saturated heterocycles. The molecule has 0 saturated carbocycles. The van der Waals surface area contributed by atoms with Gasteiger partial charge in [-0.2, -0.15) is 0 Å². The number of nitrogens with zero attached hydrogens (tertiary/aromatic N) is 3. The molecule has 5 heteroatoms. The summed E-state index contributed by atoms with van der Waals surface area (Å²) < 4.78 is 2.10. The Kier molecular flexibility index (Phi) is 5.69. The van der Waals surface area contributed by atoms with Crippen molar-refractivity contribution in [3.8, 4) is 0 Å². The van der Waals surface area contributed by atoms with E-state index in [-0.39, 0.29) is 5.91 Å². The molecule has 0 aliphatic heterocycles. The molecule has 0 unspecified atom stereocenters. The molecule has 5 nitrogen and oxygen atoms in total. The highest BCUT2D eigenvalue weighted by Gasteiger charge is 2.05. The Morgan fingerprint density at radius 2 is 2.29 bits per heavy atom. The topological polar surface area (TPSA) is 50.2 Å². The van der Waals surface area contributed by atoms with Crippen LogP contribution >= 0.6 is 0 Å². The highest BCUT2D eigenvalue weighted by Crippen LogP contribution is 2.02. The highest BCUT2D eigenvalue weighted by atomic mass is 16.2. The number of carbonyl (C=O) groups excluding carboxylic acids is 1. The molecule has 0 aliphatic carbocycles. The molecule has 0 radical (unpaired) electrons. The molecule has 0 spiro atoms. The van der Waals surface area contributed by atoms with Crippen LogP contribution in [0.15, 0.2) is 12.4 Å². The van der Waals surface area contributed by atoms with Crippen molar-refractivity contribution in [3.05, 3.63) is 18.2 Å². The zero-order chi connectivity index (χ0) is 12.7. The fraction of sp³-hybridized carbons (Fsp3) is 0.667. The summed E-state index contributed by atoms with van der Waals surface area (Å²) >= 11 is 0. The minimum atomic E-state index is 0.179. The van der Waals surface area contributed by atoms with Crippen LogP contribution in [0.5, 0.6) is 0 Å². The molecule has 1 N–H and O–H groups in total. The Hall–Kier alpha value is -1.36. The minimum Gasteiger partial charge on any atom is -0.349 e. The summed E-state index contributed by atoms with van der Waals surface area (Å²) in [7, 11) is 3.58. The Labute approximate surface area is 103 Å². The lowest BCUT2D eigenvalue weighted by Crippen LogP contribution is -2.22. The number of aromatic nitrogens is 2. The van der Waals surface area contributed by atoms with Crippen molar-refractivity contribution in [2.45, 2.75) is 32.9 Å². The van der Waals surface area contributed by atoms with E-state index in [1.807, 2.05) is 6.20 Å². The number of nitrogens with one attached hydrogen (secondary N) is 1. The second-order valence-corrected chi connectivity index (χ2v) is 4.21. The van der Waals surface area contributed by atoms with E-state index in [9.17, 15) is 4.79 Å². The molecule has 1 amide bonds. The predicted octanol–water partition coefficient (Wildman–Crippen LogP) is 0.861. The van der Waals surface area contributed by atoms with Crippen LogP contribution in [-0.2, 0) is 17.9 Å². The van der Waals surface area contributed by atoms with Gasteiger partial charge in [-0.25, -0.2) is 4.98 Å². The van der Waals surface area contributed by atoms with Gasteiger partial charge in [-0.1, -0.05) is 6.92 Å². The summed E-state index contributed by atoms with van der Waals surface area (Å²) in [5, 5.41) is 3.25. The van der Waals surface area contributed by atoms with Crippen LogP contribution in [0.3, 0.4) is 0 Å². The molecule has 0 bridgehead atoms. The lowest BCUT2D eigenvalue weighted by molar-refractivity contribution is -0.128. The fourth-order valence-electron chi connectivity index (χ4n) is 1.57. The van der Waals surface area contributed by atoms with Gasteiger partial charge in [0.25, 0.3) is 0 Å². The Bertz CT molecular complexity index is 346. The van der Waals surface area contributed by atoms with Gasteiger partial charge in [0.2, 0.25) is 5.91 Å². The van der Waals surface area contributed by atoms with Gasteiger partial charge in [0, 0.05) is 39.5 Å². The Morgan fingerprint density at radius 1 is 1.53 bits per heavy atom. The largest absolute Gasteiger partial charge is 0.349 e. The van der Waals surface area contributed by atoms with Crippen LogP contribution in [0.4, 0.5) is 0 Å². The predicted molar refractivity (Wildman–Crippen MR) is 67.5 cm³/mol. The van der Waals surface area contributed by atoms with E-state index in [1.54, 1.807) is 25.2 Å². The van der Waals surface area contributed by atoms with Crippen molar-refractivity contribution < 1.29 is 4.79 Å². The smallest absolute Gasteiger partial charge is 0.222 e. The number of imidazole rings is 1. The van der Waals surface area contributed by atoms with Gasteiger partial charge in [-0.05, 0) is 13.0 Å². The van der Waals surface area contributed by atoms with Crippen molar-refractivity contribution in [1.29, 1.82) is 0 Å². The molecule has 0 atom stereocenters. The van der Waals surface area contributed by atoms with Crippen molar-refractivity contribution >= 4 is 5.91 Å². The molecule has 1 aromatic heterocycles. The average molecular weight is 238 g/mol. The standard InChI is InChI=1S/C12H22N4O/c1-4-13-10-11-14-7-9-16(11)8-5-6-12(17)15(2)3/h7,9,13H,4-6,8,10H2,1-3H3. The molecule has 0 aliphatic rings. The van der Waals surface area contributed by atoms with Crippen LogP contribution in [0, 0.1) is 0 Å². The second kappa shape index (κ2) is 7.06. The maximum absolute atomic E-state index is 11.4. The van der Waals surface area contributed by atoms with E-state index in [0.717, 1.165) is 31.9 Å². The van der Waals surface area contributed by atoms with Gasteiger partial charge in [-0.3, -0.25) is 4.79 Å². The summed E-state index contributed by atoms with van der Waals surface area (Å²) in [4.78, 5) is 17.3. The summed E-state index contributed by atoms with van der Waals surface area (Å²) in [6.45, 7) is 4.64. The number of hydrogen-bond donors (Lipinski definition) is 1. The molecular formula is C12H22N4O. The van der Waals surface area contributed by atoms with E-state index < -0.39 is 0 Å². The van der Waals surface area contributed by atoms with Crippen molar-refractivity contribution in [3.63, 3.8) is 0 Å². The molecule has 0 fully saturated rings. The van der Waals surface area contributed by atoms with Crippen molar-refractivity contribution in [2.24, 2.45) is 0 Å². The van der Waals surface area contributed by atoms with Gasteiger partial charge >= 0.3 is 0 Å². The third kappa shape index (κ3) is 4.56. The number of rotatable bonds is 7. The molecule has 0 aromatic carbocycles. The van der Waals surface area contributed by atoms with E-state index in [0.29, 0.717) is 6.42 Å². The first-order chi connectivity index (χ1) is 8.15. The van der Waals surface area contributed by atoms with E-state index in [1.165, 1.54) is 0 Å². The van der Waals surface area contributed by atoms with Crippen LogP contribution in [0.25, 0.3) is 0 Å². The SMILES string of the molecule is CCNCc1nccn1CCCC(=O)N(C)C. The monoisotopic (exact) mass is 238 g/mol. The summed E-state index contributed by atoms with van der Waals surface area (Å²) in [5.41, 5.74) is 0. The number of amides is 1. The van der Waals surface area contributed by atoms with Crippen molar-refractivity contribution in [1.82, 2.24) is 19.8 Å². The second-order valence-electron chi connectivity index (χ2n) is 4.21. The zero-order valence-electron chi connectivity index (χ0n) is 10.9. The summed E-state index contributed by atoms with van der Waals surface area (Å²) in [6.07, 6.45) is 5.21. The maximum atomic E-state index is 11.4. The number of hydrogen-bond acceptors (Lipinski definition) is 3. The molecule has 1 aromatic rings. The first-order valence-electron chi connectivity index (χ1n) is 6.06. The normalized spacial score (nSPS) is 10.5. The molecule has 17 heavy (non-hydrogen) atoms. The zero-order valence-corrected chi connectivity index (χ0v) is 10.9. The van der Waals surface area contributed by atoms with Crippen LogP contribution in [0.1, 0.15) is 25.6 Å². The van der Waals surface area contributed by atoms with Crippen LogP contribution in [0.2, 0.25) is 0 Å².